The summed E-state index contributed by atoms with van der Waals surface area (Å²) in [5.41, 5.74) is 7.40. The van der Waals surface area contributed by atoms with Crippen LogP contribution in [0.2, 0.25) is 0 Å². The lowest BCUT2D eigenvalue weighted by Gasteiger charge is -2.39. The molecule has 94 valence electrons. The Morgan fingerprint density at radius 3 is 2.18 bits per heavy atom. The molecule has 2 nitrogen and oxygen atoms in total. The average Bonchev–Trinajstić information content (AvgIpc) is 2.23. The van der Waals surface area contributed by atoms with Crippen LogP contribution in [0.1, 0.15) is 26.3 Å². The highest BCUT2D eigenvalue weighted by Crippen LogP contribution is 2.38. The van der Waals surface area contributed by atoms with E-state index in [0.29, 0.717) is 6.54 Å². The lowest BCUT2D eigenvalue weighted by Crippen LogP contribution is -2.52. The van der Waals surface area contributed by atoms with E-state index in [1.807, 2.05) is 11.8 Å². The normalized spacial score (nSPS) is 18.8. The molecule has 0 atom stereocenters. The number of thioether (sulfide) groups is 1. The van der Waals surface area contributed by atoms with Crippen LogP contribution in [0.15, 0.2) is 29.2 Å². The summed E-state index contributed by atoms with van der Waals surface area (Å²) in [5, 5.41) is 0. The van der Waals surface area contributed by atoms with Gasteiger partial charge in [0.1, 0.15) is 0 Å². The van der Waals surface area contributed by atoms with Crippen molar-refractivity contribution in [2.45, 2.75) is 35.8 Å². The number of rotatable bonds is 3. The van der Waals surface area contributed by atoms with Gasteiger partial charge in [-0.3, -0.25) is 0 Å². The first-order valence-electron chi connectivity index (χ1n) is 6.03. The Balaban J connectivity index is 2.08. The minimum atomic E-state index is 0.114. The van der Waals surface area contributed by atoms with Crippen molar-refractivity contribution in [2.75, 3.05) is 19.8 Å². The Morgan fingerprint density at radius 2 is 1.82 bits per heavy atom. The van der Waals surface area contributed by atoms with Gasteiger partial charge in [0.2, 0.25) is 0 Å². The molecule has 3 heteroatoms. The molecule has 0 amide bonds. The van der Waals surface area contributed by atoms with Gasteiger partial charge >= 0.3 is 0 Å². The van der Waals surface area contributed by atoms with Gasteiger partial charge in [0, 0.05) is 11.4 Å². The van der Waals surface area contributed by atoms with Gasteiger partial charge in [-0.05, 0) is 23.1 Å². The van der Waals surface area contributed by atoms with E-state index in [0.717, 1.165) is 13.2 Å². The Hall–Kier alpha value is -0.510. The SMILES string of the molecule is CC(C)(C)c1ccc(SC2(CN)COC2)cc1. The Labute approximate surface area is 108 Å². The van der Waals surface area contributed by atoms with E-state index >= 15 is 0 Å². The molecule has 0 aromatic heterocycles. The van der Waals surface area contributed by atoms with Crippen LogP contribution in [0.4, 0.5) is 0 Å². The van der Waals surface area contributed by atoms with Crippen LogP contribution in [-0.4, -0.2) is 24.5 Å². The van der Waals surface area contributed by atoms with Gasteiger partial charge < -0.3 is 10.5 Å². The van der Waals surface area contributed by atoms with Crippen LogP contribution in [0.3, 0.4) is 0 Å². The van der Waals surface area contributed by atoms with Crippen molar-refractivity contribution >= 4 is 11.8 Å². The van der Waals surface area contributed by atoms with E-state index < -0.39 is 0 Å². The van der Waals surface area contributed by atoms with E-state index in [1.54, 1.807) is 0 Å². The maximum Gasteiger partial charge on any atom is 0.0794 e. The molecule has 1 aliphatic rings. The largest absolute Gasteiger partial charge is 0.378 e. The van der Waals surface area contributed by atoms with Gasteiger partial charge in [-0.1, -0.05) is 32.9 Å². The van der Waals surface area contributed by atoms with Crippen LogP contribution in [0, 0.1) is 0 Å². The molecule has 1 aromatic carbocycles. The molecule has 1 aromatic rings. The van der Waals surface area contributed by atoms with Gasteiger partial charge in [-0.15, -0.1) is 11.8 Å². The van der Waals surface area contributed by atoms with Crippen molar-refractivity contribution < 1.29 is 4.74 Å². The molecule has 0 bridgehead atoms. The Morgan fingerprint density at radius 1 is 1.24 bits per heavy atom. The van der Waals surface area contributed by atoms with Gasteiger partial charge in [0.25, 0.3) is 0 Å². The van der Waals surface area contributed by atoms with Crippen LogP contribution in [0.25, 0.3) is 0 Å². The topological polar surface area (TPSA) is 35.2 Å². The van der Waals surface area contributed by atoms with E-state index in [1.165, 1.54) is 10.5 Å². The van der Waals surface area contributed by atoms with Crippen molar-refractivity contribution in [3.8, 4) is 0 Å². The molecule has 2 N–H and O–H groups in total. The smallest absolute Gasteiger partial charge is 0.0794 e. The zero-order chi connectivity index (χ0) is 12.5. The maximum atomic E-state index is 5.81. The molecule has 1 heterocycles. The summed E-state index contributed by atoms with van der Waals surface area (Å²) in [4.78, 5) is 1.28. The summed E-state index contributed by atoms with van der Waals surface area (Å²) in [5.74, 6) is 0. The zero-order valence-electron chi connectivity index (χ0n) is 10.8. The molecule has 2 rings (SSSR count). The Bertz CT molecular complexity index is 371. The zero-order valence-corrected chi connectivity index (χ0v) is 11.6. The van der Waals surface area contributed by atoms with Crippen LogP contribution in [-0.2, 0) is 10.2 Å². The summed E-state index contributed by atoms with van der Waals surface area (Å²) in [6.07, 6.45) is 0. The number of hydrogen-bond donors (Lipinski definition) is 1. The predicted octanol–water partition coefficient (Wildman–Crippen LogP) is 2.80. The number of ether oxygens (including phenoxy) is 1. The van der Waals surface area contributed by atoms with Crippen LogP contribution < -0.4 is 5.73 Å². The van der Waals surface area contributed by atoms with Crippen LogP contribution >= 0.6 is 11.8 Å². The minimum Gasteiger partial charge on any atom is -0.378 e. The molecular formula is C14H21NOS. The summed E-state index contributed by atoms with van der Waals surface area (Å²) in [6.45, 7) is 8.92. The van der Waals surface area contributed by atoms with Crippen LogP contribution in [0.5, 0.6) is 0 Å². The summed E-state index contributed by atoms with van der Waals surface area (Å²) >= 11 is 1.85. The number of hydrogen-bond acceptors (Lipinski definition) is 3. The molecule has 0 radical (unpaired) electrons. The van der Waals surface area contributed by atoms with Gasteiger partial charge in [0.15, 0.2) is 0 Å². The fraction of sp³-hybridized carbons (Fsp3) is 0.571. The molecular weight excluding hydrogens is 230 g/mol. The van der Waals surface area contributed by atoms with E-state index in [9.17, 15) is 0 Å². The van der Waals surface area contributed by atoms with Gasteiger partial charge in [0.05, 0.1) is 18.0 Å². The molecule has 1 saturated heterocycles. The number of nitrogens with two attached hydrogens (primary N) is 1. The highest BCUT2D eigenvalue weighted by molar-refractivity contribution is 8.00. The molecule has 0 unspecified atom stereocenters. The third-order valence-corrected chi connectivity index (χ3v) is 4.50. The predicted molar refractivity (Wildman–Crippen MR) is 73.6 cm³/mol. The fourth-order valence-corrected chi connectivity index (χ4v) is 2.96. The third kappa shape index (κ3) is 2.84. The first-order chi connectivity index (χ1) is 7.95. The quantitative estimate of drug-likeness (QED) is 0.897. The second-order valence-corrected chi connectivity index (χ2v) is 7.30. The average molecular weight is 251 g/mol. The van der Waals surface area contributed by atoms with Crippen molar-refractivity contribution in [1.82, 2.24) is 0 Å². The summed E-state index contributed by atoms with van der Waals surface area (Å²) < 4.78 is 5.39. The highest BCUT2D eigenvalue weighted by atomic mass is 32.2. The van der Waals surface area contributed by atoms with E-state index in [-0.39, 0.29) is 10.2 Å². The molecule has 1 fully saturated rings. The molecule has 0 saturated carbocycles. The van der Waals surface area contributed by atoms with Gasteiger partial charge in [-0.25, -0.2) is 0 Å². The fourth-order valence-electron chi connectivity index (χ4n) is 1.82. The molecule has 1 aliphatic heterocycles. The number of benzene rings is 1. The lowest BCUT2D eigenvalue weighted by atomic mass is 9.87. The standard InChI is InChI=1S/C14H21NOS/c1-13(2,3)11-4-6-12(7-5-11)17-14(8-15)9-16-10-14/h4-7H,8-10,15H2,1-3H3. The van der Waals surface area contributed by atoms with Crippen molar-refractivity contribution in [1.29, 1.82) is 0 Å². The van der Waals surface area contributed by atoms with E-state index in [2.05, 4.69) is 45.0 Å². The minimum absolute atomic E-state index is 0.114. The molecule has 17 heavy (non-hydrogen) atoms. The second kappa shape index (κ2) is 4.63. The molecule has 0 spiro atoms. The monoisotopic (exact) mass is 251 g/mol. The molecule has 0 aliphatic carbocycles. The van der Waals surface area contributed by atoms with Crippen molar-refractivity contribution in [3.05, 3.63) is 29.8 Å². The Kier molecular flexibility index (Phi) is 3.53. The van der Waals surface area contributed by atoms with E-state index in [4.69, 9.17) is 10.5 Å². The maximum absolute atomic E-state index is 5.81. The first-order valence-corrected chi connectivity index (χ1v) is 6.84. The summed E-state index contributed by atoms with van der Waals surface area (Å²) in [7, 11) is 0. The first kappa shape index (κ1) is 12.9. The van der Waals surface area contributed by atoms with Crippen molar-refractivity contribution in [2.24, 2.45) is 5.73 Å². The second-order valence-electron chi connectivity index (χ2n) is 5.76. The summed E-state index contributed by atoms with van der Waals surface area (Å²) in [6, 6.07) is 8.82. The lowest BCUT2D eigenvalue weighted by molar-refractivity contribution is -0.00434. The highest BCUT2D eigenvalue weighted by Gasteiger charge is 2.38. The van der Waals surface area contributed by atoms with Gasteiger partial charge in [-0.2, -0.15) is 0 Å². The van der Waals surface area contributed by atoms with Crippen molar-refractivity contribution in [3.63, 3.8) is 0 Å². The third-order valence-electron chi connectivity index (χ3n) is 3.16.